The van der Waals surface area contributed by atoms with E-state index in [-0.39, 0.29) is 13.0 Å². The number of alkyl halides is 3. The molecule has 0 bridgehead atoms. The second kappa shape index (κ2) is 8.33. The van der Waals surface area contributed by atoms with Crippen LogP contribution in [-0.4, -0.2) is 29.8 Å². The lowest BCUT2D eigenvalue weighted by molar-refractivity contribution is -0.152. The van der Waals surface area contributed by atoms with E-state index >= 15 is 0 Å². The van der Waals surface area contributed by atoms with Crippen LogP contribution in [0.4, 0.5) is 18.0 Å². The first kappa shape index (κ1) is 17.8. The highest BCUT2D eigenvalue weighted by atomic mass is 19.4. The Balaban J connectivity index is 1.85. The van der Waals surface area contributed by atoms with Gasteiger partial charge >= 0.3 is 12.2 Å². The first-order chi connectivity index (χ1) is 11.4. The van der Waals surface area contributed by atoms with Crippen LogP contribution in [-0.2, 0) is 12.8 Å². The molecule has 0 saturated heterocycles. The largest absolute Gasteiger partial charge is 0.408 e. The first-order valence-corrected chi connectivity index (χ1v) is 7.50. The minimum absolute atomic E-state index is 0.207. The number of nitrogens with zero attached hydrogens (tertiary/aromatic N) is 1. The van der Waals surface area contributed by atoms with E-state index in [9.17, 15) is 18.0 Å². The average molecular weight is 337 g/mol. The molecule has 1 heterocycles. The number of rotatable bonds is 6. The van der Waals surface area contributed by atoms with Gasteiger partial charge in [0.2, 0.25) is 0 Å². The molecule has 2 N–H and O–H groups in total. The smallest absolute Gasteiger partial charge is 0.338 e. The number of urea groups is 1. The fourth-order valence-corrected chi connectivity index (χ4v) is 2.16. The van der Waals surface area contributed by atoms with E-state index in [1.165, 1.54) is 0 Å². The Kier molecular flexibility index (Phi) is 6.17. The lowest BCUT2D eigenvalue weighted by Gasteiger charge is -2.22. The number of aromatic nitrogens is 1. The summed E-state index contributed by atoms with van der Waals surface area (Å²) in [5.74, 6) is 0. The number of hydrogen-bond donors (Lipinski definition) is 2. The molecule has 0 saturated carbocycles. The Labute approximate surface area is 138 Å². The number of carbonyl (C=O) groups is 1. The Bertz CT molecular complexity index is 633. The summed E-state index contributed by atoms with van der Waals surface area (Å²) in [5, 5.41) is 4.43. The number of halogens is 3. The summed E-state index contributed by atoms with van der Waals surface area (Å²) in [5.41, 5.74) is 1.27. The molecule has 128 valence electrons. The number of nitrogens with one attached hydrogen (secondary N) is 2. The van der Waals surface area contributed by atoms with Crippen molar-refractivity contribution < 1.29 is 18.0 Å². The third-order valence-electron chi connectivity index (χ3n) is 3.38. The molecule has 0 radical (unpaired) electrons. The molecule has 0 aliphatic carbocycles. The normalized spacial score (nSPS) is 12.5. The summed E-state index contributed by atoms with van der Waals surface area (Å²) in [6, 6.07) is 10.8. The maximum absolute atomic E-state index is 13.1. The van der Waals surface area contributed by atoms with Crippen LogP contribution < -0.4 is 10.6 Å². The second-order valence-electron chi connectivity index (χ2n) is 5.26. The molecular formula is C17H18F3N3O. The number of pyridine rings is 1. The van der Waals surface area contributed by atoms with Crippen molar-refractivity contribution >= 4 is 6.03 Å². The van der Waals surface area contributed by atoms with Crippen LogP contribution in [0, 0.1) is 0 Å². The van der Waals surface area contributed by atoms with Crippen molar-refractivity contribution in [1.82, 2.24) is 15.6 Å². The molecule has 2 rings (SSSR count). The number of benzene rings is 1. The lowest BCUT2D eigenvalue weighted by Crippen LogP contribution is -2.50. The minimum Gasteiger partial charge on any atom is -0.338 e. The molecule has 4 nitrogen and oxygen atoms in total. The Morgan fingerprint density at radius 2 is 1.79 bits per heavy atom. The van der Waals surface area contributed by atoms with Gasteiger partial charge in [-0.2, -0.15) is 13.2 Å². The Morgan fingerprint density at radius 1 is 1.08 bits per heavy atom. The van der Waals surface area contributed by atoms with Gasteiger partial charge in [-0.1, -0.05) is 36.4 Å². The highest BCUT2D eigenvalue weighted by Crippen LogP contribution is 2.23. The fraction of sp³-hybridized carbons (Fsp3) is 0.294. The van der Waals surface area contributed by atoms with Gasteiger partial charge in [-0.3, -0.25) is 4.98 Å². The van der Waals surface area contributed by atoms with Gasteiger partial charge in [0, 0.05) is 31.3 Å². The molecule has 1 atom stereocenters. The van der Waals surface area contributed by atoms with E-state index in [4.69, 9.17) is 0 Å². The maximum atomic E-state index is 13.1. The predicted molar refractivity (Wildman–Crippen MR) is 84.5 cm³/mol. The summed E-state index contributed by atoms with van der Waals surface area (Å²) in [7, 11) is 0. The van der Waals surface area contributed by atoms with Gasteiger partial charge in [0.1, 0.15) is 6.04 Å². The average Bonchev–Trinajstić information content (AvgIpc) is 2.55. The number of hydrogen-bond acceptors (Lipinski definition) is 2. The zero-order valence-corrected chi connectivity index (χ0v) is 12.9. The van der Waals surface area contributed by atoms with Crippen molar-refractivity contribution in [3.63, 3.8) is 0 Å². The molecule has 2 aromatic rings. The van der Waals surface area contributed by atoms with E-state index in [1.807, 2.05) is 11.4 Å². The van der Waals surface area contributed by atoms with Gasteiger partial charge < -0.3 is 10.6 Å². The Hall–Kier alpha value is -2.57. The summed E-state index contributed by atoms with van der Waals surface area (Å²) < 4.78 is 39.3. The van der Waals surface area contributed by atoms with E-state index in [1.54, 1.807) is 48.7 Å². The molecule has 0 spiro atoms. The molecule has 0 fully saturated rings. The van der Waals surface area contributed by atoms with Crippen LogP contribution in [0.15, 0.2) is 54.7 Å². The molecule has 1 aromatic heterocycles. The highest BCUT2D eigenvalue weighted by molar-refractivity contribution is 5.74. The molecule has 24 heavy (non-hydrogen) atoms. The highest BCUT2D eigenvalue weighted by Gasteiger charge is 2.40. The van der Waals surface area contributed by atoms with Gasteiger partial charge in [-0.25, -0.2) is 4.79 Å². The van der Waals surface area contributed by atoms with E-state index in [0.29, 0.717) is 12.0 Å². The van der Waals surface area contributed by atoms with Crippen molar-refractivity contribution in [1.29, 1.82) is 0 Å². The van der Waals surface area contributed by atoms with E-state index in [2.05, 4.69) is 10.3 Å². The molecular weight excluding hydrogens is 319 g/mol. The molecule has 7 heteroatoms. The predicted octanol–water partition coefficient (Wildman–Crippen LogP) is 3.10. The van der Waals surface area contributed by atoms with E-state index < -0.39 is 18.2 Å². The number of amides is 2. The molecule has 1 aromatic carbocycles. The molecule has 1 unspecified atom stereocenters. The van der Waals surface area contributed by atoms with Crippen LogP contribution in [0.3, 0.4) is 0 Å². The Morgan fingerprint density at radius 3 is 2.42 bits per heavy atom. The van der Waals surface area contributed by atoms with Gasteiger partial charge in [-0.15, -0.1) is 0 Å². The summed E-state index contributed by atoms with van der Waals surface area (Å²) in [6.07, 6.45) is -2.76. The fourth-order valence-electron chi connectivity index (χ4n) is 2.16. The third-order valence-corrected chi connectivity index (χ3v) is 3.38. The minimum atomic E-state index is -4.52. The first-order valence-electron chi connectivity index (χ1n) is 7.50. The zero-order valence-electron chi connectivity index (χ0n) is 12.9. The monoisotopic (exact) mass is 337 g/mol. The molecule has 0 aliphatic heterocycles. The lowest BCUT2D eigenvalue weighted by atomic mass is 10.1. The van der Waals surface area contributed by atoms with Gasteiger partial charge in [0.15, 0.2) is 0 Å². The van der Waals surface area contributed by atoms with Gasteiger partial charge in [-0.05, 0) is 17.7 Å². The van der Waals surface area contributed by atoms with Crippen molar-refractivity contribution in [2.24, 2.45) is 0 Å². The SMILES string of the molecule is O=C(NCCc1ccccn1)NC(Cc1ccccc1)C(F)(F)F. The zero-order chi connectivity index (χ0) is 17.4. The van der Waals surface area contributed by atoms with Crippen molar-refractivity contribution in [3.8, 4) is 0 Å². The standard InChI is InChI=1S/C17H18F3N3O/c18-17(19,20)15(12-13-6-2-1-3-7-13)23-16(24)22-11-9-14-8-4-5-10-21-14/h1-8,10,15H,9,11-12H2,(H2,22,23,24). The van der Waals surface area contributed by atoms with Crippen LogP contribution in [0.1, 0.15) is 11.3 Å². The van der Waals surface area contributed by atoms with Gasteiger partial charge in [0.25, 0.3) is 0 Å². The van der Waals surface area contributed by atoms with Crippen LogP contribution in [0.2, 0.25) is 0 Å². The number of carbonyl (C=O) groups excluding carboxylic acids is 1. The van der Waals surface area contributed by atoms with Crippen molar-refractivity contribution in [3.05, 3.63) is 66.0 Å². The molecule has 0 aliphatic rings. The molecule has 2 amide bonds. The summed E-state index contributed by atoms with van der Waals surface area (Å²) in [4.78, 5) is 15.8. The summed E-state index contributed by atoms with van der Waals surface area (Å²) >= 11 is 0. The van der Waals surface area contributed by atoms with Crippen LogP contribution in [0.5, 0.6) is 0 Å². The van der Waals surface area contributed by atoms with Gasteiger partial charge in [0.05, 0.1) is 0 Å². The van der Waals surface area contributed by atoms with Crippen LogP contribution in [0.25, 0.3) is 0 Å². The topological polar surface area (TPSA) is 54.0 Å². The van der Waals surface area contributed by atoms with Crippen LogP contribution >= 0.6 is 0 Å². The maximum Gasteiger partial charge on any atom is 0.408 e. The van der Waals surface area contributed by atoms with Crippen molar-refractivity contribution in [2.75, 3.05) is 6.54 Å². The van der Waals surface area contributed by atoms with Crippen molar-refractivity contribution in [2.45, 2.75) is 25.1 Å². The quantitative estimate of drug-likeness (QED) is 0.851. The second-order valence-corrected chi connectivity index (χ2v) is 5.26. The third kappa shape index (κ3) is 5.91. The van der Waals surface area contributed by atoms with E-state index in [0.717, 1.165) is 5.69 Å². The summed E-state index contributed by atoms with van der Waals surface area (Å²) in [6.45, 7) is 0.207.